The van der Waals surface area contributed by atoms with Crippen LogP contribution in [0.25, 0.3) is 22.4 Å². The van der Waals surface area contributed by atoms with Gasteiger partial charge in [-0.3, -0.25) is 9.78 Å². The van der Waals surface area contributed by atoms with Gasteiger partial charge in [-0.05, 0) is 23.3 Å². The highest BCUT2D eigenvalue weighted by molar-refractivity contribution is 5.77. The van der Waals surface area contributed by atoms with Crippen LogP contribution in [0.3, 0.4) is 0 Å². The maximum Gasteiger partial charge on any atom is 0.150 e. The Balaban J connectivity index is 1.91. The van der Waals surface area contributed by atoms with Crippen molar-refractivity contribution >= 4 is 6.29 Å². The lowest BCUT2D eigenvalue weighted by atomic mass is 10.0. The molecule has 0 bridgehead atoms. The number of carbonyl (C=O) groups is 1. The third-order valence-corrected chi connectivity index (χ3v) is 3.23. The number of hydrogen-bond donors (Lipinski definition) is 0. The molecule has 3 rings (SSSR count). The number of pyridine rings is 1. The van der Waals surface area contributed by atoms with Gasteiger partial charge in [0.05, 0.1) is 5.69 Å². The molecule has 2 aromatic carbocycles. The van der Waals surface area contributed by atoms with E-state index in [1.165, 1.54) is 0 Å². The maximum atomic E-state index is 10.6. The highest BCUT2D eigenvalue weighted by Gasteiger charge is 2.01. The van der Waals surface area contributed by atoms with Gasteiger partial charge in [0, 0.05) is 17.3 Å². The molecule has 2 heteroatoms. The van der Waals surface area contributed by atoms with Crippen molar-refractivity contribution in [1.29, 1.82) is 0 Å². The normalized spacial score (nSPS) is 10.2. The molecule has 0 saturated heterocycles. The minimum Gasteiger partial charge on any atom is -0.298 e. The van der Waals surface area contributed by atoms with E-state index in [4.69, 9.17) is 0 Å². The molecule has 2 nitrogen and oxygen atoms in total. The summed E-state index contributed by atoms with van der Waals surface area (Å²) in [5.41, 5.74) is 4.98. The van der Waals surface area contributed by atoms with Crippen molar-refractivity contribution in [3.05, 3.63) is 78.5 Å². The SMILES string of the molecule is O=Cc1ccc(-c2ccc(-c3ccccn3)cc2)cc1. The molecule has 96 valence electrons. The summed E-state index contributed by atoms with van der Waals surface area (Å²) < 4.78 is 0. The predicted molar refractivity (Wildman–Crippen MR) is 80.5 cm³/mol. The number of hydrogen-bond acceptors (Lipinski definition) is 2. The van der Waals surface area contributed by atoms with Crippen LogP contribution in [0.2, 0.25) is 0 Å². The predicted octanol–water partition coefficient (Wildman–Crippen LogP) is 4.23. The van der Waals surface area contributed by atoms with Gasteiger partial charge in [0.25, 0.3) is 0 Å². The van der Waals surface area contributed by atoms with Crippen LogP contribution in [-0.2, 0) is 0 Å². The Hall–Kier alpha value is -2.74. The summed E-state index contributed by atoms with van der Waals surface area (Å²) in [5.74, 6) is 0. The van der Waals surface area contributed by atoms with Crippen molar-refractivity contribution in [1.82, 2.24) is 4.98 Å². The van der Waals surface area contributed by atoms with E-state index in [-0.39, 0.29) is 0 Å². The van der Waals surface area contributed by atoms with Crippen molar-refractivity contribution in [3.8, 4) is 22.4 Å². The number of aromatic nitrogens is 1. The molecule has 3 aromatic rings. The summed E-state index contributed by atoms with van der Waals surface area (Å²) in [6, 6.07) is 21.7. The smallest absolute Gasteiger partial charge is 0.150 e. The summed E-state index contributed by atoms with van der Waals surface area (Å²) in [6.45, 7) is 0. The van der Waals surface area contributed by atoms with Crippen LogP contribution >= 0.6 is 0 Å². The van der Waals surface area contributed by atoms with Crippen LogP contribution in [0.4, 0.5) is 0 Å². The van der Waals surface area contributed by atoms with Gasteiger partial charge in [-0.1, -0.05) is 54.6 Å². The highest BCUT2D eigenvalue weighted by Crippen LogP contribution is 2.23. The third kappa shape index (κ3) is 2.50. The summed E-state index contributed by atoms with van der Waals surface area (Å²) in [5, 5.41) is 0. The molecule has 0 fully saturated rings. The molecule has 0 spiro atoms. The Labute approximate surface area is 117 Å². The topological polar surface area (TPSA) is 30.0 Å². The molecule has 0 aliphatic carbocycles. The summed E-state index contributed by atoms with van der Waals surface area (Å²) in [6.07, 6.45) is 2.65. The Morgan fingerprint density at radius 2 is 1.30 bits per heavy atom. The fourth-order valence-corrected chi connectivity index (χ4v) is 2.12. The van der Waals surface area contributed by atoms with E-state index in [0.29, 0.717) is 5.56 Å². The molecular weight excluding hydrogens is 246 g/mol. The first-order valence-electron chi connectivity index (χ1n) is 6.44. The molecule has 0 amide bonds. The van der Waals surface area contributed by atoms with E-state index in [0.717, 1.165) is 28.7 Å². The van der Waals surface area contributed by atoms with E-state index >= 15 is 0 Å². The standard InChI is InChI=1S/C18H13NO/c20-13-14-4-6-15(7-5-14)16-8-10-17(11-9-16)18-3-1-2-12-19-18/h1-13H. The van der Waals surface area contributed by atoms with Gasteiger partial charge in [-0.2, -0.15) is 0 Å². The van der Waals surface area contributed by atoms with E-state index in [1.807, 2.05) is 42.5 Å². The molecule has 0 unspecified atom stereocenters. The Morgan fingerprint density at radius 3 is 1.85 bits per heavy atom. The molecular formula is C18H13NO. The second kappa shape index (κ2) is 5.49. The first-order chi connectivity index (χ1) is 9.86. The van der Waals surface area contributed by atoms with Gasteiger partial charge < -0.3 is 0 Å². The largest absolute Gasteiger partial charge is 0.298 e. The highest BCUT2D eigenvalue weighted by atomic mass is 16.1. The fourth-order valence-electron chi connectivity index (χ4n) is 2.12. The lowest BCUT2D eigenvalue weighted by Crippen LogP contribution is -1.84. The van der Waals surface area contributed by atoms with Gasteiger partial charge in [0.2, 0.25) is 0 Å². The molecule has 0 aliphatic heterocycles. The van der Waals surface area contributed by atoms with Crippen LogP contribution in [-0.4, -0.2) is 11.3 Å². The van der Waals surface area contributed by atoms with E-state index in [9.17, 15) is 4.79 Å². The zero-order valence-electron chi connectivity index (χ0n) is 10.9. The minimum absolute atomic E-state index is 0.693. The van der Waals surface area contributed by atoms with Crippen LogP contribution < -0.4 is 0 Å². The van der Waals surface area contributed by atoms with Gasteiger partial charge >= 0.3 is 0 Å². The van der Waals surface area contributed by atoms with Crippen LogP contribution in [0.5, 0.6) is 0 Å². The lowest BCUT2D eigenvalue weighted by Gasteiger charge is -2.04. The number of benzene rings is 2. The maximum absolute atomic E-state index is 10.6. The lowest BCUT2D eigenvalue weighted by molar-refractivity contribution is 0.112. The Morgan fingerprint density at radius 1 is 0.700 bits per heavy atom. The molecule has 0 radical (unpaired) electrons. The molecule has 0 aliphatic rings. The van der Waals surface area contributed by atoms with Gasteiger partial charge in [0.1, 0.15) is 6.29 Å². The quantitative estimate of drug-likeness (QED) is 0.659. The molecule has 0 saturated carbocycles. The minimum atomic E-state index is 0.693. The average molecular weight is 259 g/mol. The number of nitrogens with zero attached hydrogens (tertiary/aromatic N) is 1. The number of aldehydes is 1. The van der Waals surface area contributed by atoms with Crippen molar-refractivity contribution in [3.63, 3.8) is 0 Å². The second-order valence-electron chi connectivity index (χ2n) is 4.53. The van der Waals surface area contributed by atoms with Gasteiger partial charge in [0.15, 0.2) is 0 Å². The van der Waals surface area contributed by atoms with Crippen molar-refractivity contribution < 1.29 is 4.79 Å². The average Bonchev–Trinajstić information content (AvgIpc) is 2.56. The Bertz CT molecular complexity index is 701. The van der Waals surface area contributed by atoms with Crippen LogP contribution in [0, 0.1) is 0 Å². The summed E-state index contributed by atoms with van der Waals surface area (Å²) >= 11 is 0. The van der Waals surface area contributed by atoms with E-state index < -0.39 is 0 Å². The zero-order chi connectivity index (χ0) is 13.8. The first kappa shape index (κ1) is 12.3. The number of rotatable bonds is 3. The van der Waals surface area contributed by atoms with E-state index in [2.05, 4.69) is 29.2 Å². The summed E-state index contributed by atoms with van der Waals surface area (Å²) in [7, 11) is 0. The van der Waals surface area contributed by atoms with Gasteiger partial charge in [-0.15, -0.1) is 0 Å². The second-order valence-corrected chi connectivity index (χ2v) is 4.53. The first-order valence-corrected chi connectivity index (χ1v) is 6.44. The van der Waals surface area contributed by atoms with Crippen LogP contribution in [0.15, 0.2) is 72.9 Å². The van der Waals surface area contributed by atoms with Crippen LogP contribution in [0.1, 0.15) is 10.4 Å². The van der Waals surface area contributed by atoms with Crippen molar-refractivity contribution in [2.75, 3.05) is 0 Å². The fraction of sp³-hybridized carbons (Fsp3) is 0. The molecule has 1 heterocycles. The summed E-state index contributed by atoms with van der Waals surface area (Å²) in [4.78, 5) is 15.0. The molecule has 0 N–H and O–H groups in total. The molecule has 20 heavy (non-hydrogen) atoms. The van der Waals surface area contributed by atoms with E-state index in [1.54, 1.807) is 6.20 Å². The number of carbonyl (C=O) groups excluding carboxylic acids is 1. The van der Waals surface area contributed by atoms with Gasteiger partial charge in [-0.25, -0.2) is 0 Å². The molecule has 1 aromatic heterocycles. The monoisotopic (exact) mass is 259 g/mol. The Kier molecular flexibility index (Phi) is 3.38. The van der Waals surface area contributed by atoms with Crippen molar-refractivity contribution in [2.24, 2.45) is 0 Å². The molecule has 0 atom stereocenters. The zero-order valence-corrected chi connectivity index (χ0v) is 10.9. The van der Waals surface area contributed by atoms with Crippen molar-refractivity contribution in [2.45, 2.75) is 0 Å². The third-order valence-electron chi connectivity index (χ3n) is 3.23.